The third-order valence-electron chi connectivity index (χ3n) is 22.5. The average molecular weight is 2090 g/mol. The number of primary amides is 2. The van der Waals surface area contributed by atoms with Gasteiger partial charge in [-0.1, -0.05) is 127 Å². The number of aliphatic hydroxyl groups excluding tert-OH is 1. The maximum Gasteiger partial charge on any atom is 0.327 e. The summed E-state index contributed by atoms with van der Waals surface area (Å²) in [5.74, 6) is -28.9. The third kappa shape index (κ3) is 46.7. The zero-order chi connectivity index (χ0) is 111. The number of aromatic nitrogens is 4. The van der Waals surface area contributed by atoms with Gasteiger partial charge in [0.1, 0.15) is 103 Å². The Kier molecular flexibility index (Phi) is 55.1. The molecule has 818 valence electrons. The monoisotopic (exact) mass is 2090 g/mol. The molecule has 147 heavy (non-hydrogen) atoms. The van der Waals surface area contributed by atoms with Gasteiger partial charge in [-0.2, -0.15) is 12.6 Å². The zero-order valence-corrected chi connectivity index (χ0v) is 86.1. The van der Waals surface area contributed by atoms with Crippen LogP contribution in [-0.2, 0) is 130 Å². The molecule has 2 aromatic heterocycles. The van der Waals surface area contributed by atoms with Gasteiger partial charge in [-0.25, -0.2) is 14.8 Å². The molecule has 3 rings (SSSR count). The number of carboxylic acid groups (broad SMARTS) is 3. The second-order valence-electron chi connectivity index (χ2n) is 38.3. The van der Waals surface area contributed by atoms with Crippen molar-refractivity contribution in [1.29, 1.82) is 0 Å². The van der Waals surface area contributed by atoms with Gasteiger partial charge < -0.3 is 149 Å². The fourth-order valence-corrected chi connectivity index (χ4v) is 14.9. The number of amides is 20. The molecule has 0 fully saturated rings. The molecule has 0 aliphatic carbocycles. The van der Waals surface area contributed by atoms with Gasteiger partial charge in [-0.15, -0.1) is 0 Å². The molecule has 0 aliphatic heterocycles. The summed E-state index contributed by atoms with van der Waals surface area (Å²) >= 11 is 4.24. The van der Waals surface area contributed by atoms with Crippen LogP contribution in [0.25, 0.3) is 0 Å². The van der Waals surface area contributed by atoms with Gasteiger partial charge in [0, 0.05) is 56.8 Å². The van der Waals surface area contributed by atoms with E-state index < -0.39 is 352 Å². The number of benzene rings is 1. The Balaban J connectivity index is 1.83. The van der Waals surface area contributed by atoms with Crippen LogP contribution in [0, 0.1) is 41.4 Å². The van der Waals surface area contributed by atoms with E-state index in [-0.39, 0.29) is 61.2 Å². The van der Waals surface area contributed by atoms with E-state index in [0.29, 0.717) is 0 Å². The number of rotatable bonds is 68. The first kappa shape index (κ1) is 127. The quantitative estimate of drug-likeness (QED) is 0.0234. The lowest BCUT2D eigenvalue weighted by molar-refractivity contribution is -0.142. The van der Waals surface area contributed by atoms with E-state index in [1.54, 1.807) is 113 Å². The van der Waals surface area contributed by atoms with Crippen LogP contribution < -0.4 is 119 Å². The summed E-state index contributed by atoms with van der Waals surface area (Å²) in [6.07, 6.45) is -0.520. The number of carbonyl (C=O) groups is 23. The molecule has 18 atom stereocenters. The molecular weight excluding hydrogens is 1950 g/mol. The summed E-state index contributed by atoms with van der Waals surface area (Å²) in [7, 11) is 0. The highest BCUT2D eigenvalue weighted by atomic mass is 32.1. The van der Waals surface area contributed by atoms with E-state index in [2.05, 4.69) is 128 Å². The predicted octanol–water partition coefficient (Wildman–Crippen LogP) is -7.15. The Morgan fingerprint density at radius 2 is 0.667 bits per heavy atom. The standard InChI is InChI=1S/C93H148N26O27S/c1-43(2)27-58(82(134)106-57(23-26-72(126)127)81(133)109-60(29-45(5)6)87(139)119-75(49(13)14)92(144)115-65(35-94)93(145)146)108-76(128)50(15)103-79(131)56(22-25-71(124)125)107-90(142)74(48(11)12)118-88(140)61(30-46(7)8)111-85(137)63(33-53-37-99-42-102-53)113-89(141)66(39-120)104-70(123)38-100-78(130)67(40-147)116-83(135)59(28-44(3)4)110-84(136)62(32-52-36-98-41-101-52)112-80(132)55(21-24-68(96)121)105-86(138)64(34-69(97)122)114-91(143)73(47(9)10)117-77(129)54(95)31-51-19-17-16-18-20-51/h16-20,36-37,41-50,54-67,73-75,120,147H,21-35,38-40,94-95H2,1-15H3,(H2,96,121)(H2,97,122)(H,98,101)(H,99,102)(H,100,130)(H,103,131)(H,104,123)(H,105,138)(H,106,134)(H,107,142)(H,108,128)(H,109,133)(H,110,136)(H,111,137)(H,112,132)(H,113,141)(H,114,143)(H,115,144)(H,116,135)(H,117,129)(H,118,140)(H,119,139)(H,124,125)(H,126,127)(H,145,146)/t50-,54-,55-,56-,57-,58-,59-,60-,61-,62-,63-,64-,65-,66-,67-,73-,74-,75-/m0/s1. The van der Waals surface area contributed by atoms with Crippen LogP contribution in [0.5, 0.6) is 0 Å². The molecule has 0 unspecified atom stereocenters. The van der Waals surface area contributed by atoms with Crippen LogP contribution in [-0.4, -0.2) is 311 Å². The Morgan fingerprint density at radius 1 is 0.347 bits per heavy atom. The molecule has 2 heterocycles. The van der Waals surface area contributed by atoms with Crippen molar-refractivity contribution in [2.24, 2.45) is 64.4 Å². The smallest absolute Gasteiger partial charge is 0.327 e. The number of hydrogen-bond acceptors (Lipinski definition) is 29. The molecule has 32 N–H and O–H groups in total. The molecule has 20 amide bonds. The van der Waals surface area contributed by atoms with E-state index in [9.17, 15) is 131 Å². The summed E-state index contributed by atoms with van der Waals surface area (Å²) in [6, 6.07) is -19.5. The number of aliphatic hydroxyl groups is 1. The molecule has 0 aliphatic rings. The molecule has 54 heteroatoms. The molecule has 3 aromatic rings. The van der Waals surface area contributed by atoms with Crippen LogP contribution in [0.1, 0.15) is 191 Å². The summed E-state index contributed by atoms with van der Waals surface area (Å²) in [6.45, 7) is 21.3. The van der Waals surface area contributed by atoms with Crippen molar-refractivity contribution >= 4 is 149 Å². The van der Waals surface area contributed by atoms with Crippen LogP contribution in [0.2, 0.25) is 0 Å². The fraction of sp³-hybridized carbons (Fsp3) is 0.624. The van der Waals surface area contributed by atoms with Gasteiger partial charge in [-0.3, -0.25) is 105 Å². The van der Waals surface area contributed by atoms with Gasteiger partial charge in [0.05, 0.1) is 49.7 Å². The number of aliphatic carboxylic acids is 3. The van der Waals surface area contributed by atoms with Crippen molar-refractivity contribution in [2.45, 2.75) is 303 Å². The summed E-state index contributed by atoms with van der Waals surface area (Å²) in [4.78, 5) is 328. The first-order valence-electron chi connectivity index (χ1n) is 48.2. The molecule has 53 nitrogen and oxygen atoms in total. The number of hydrogen-bond donors (Lipinski definition) is 29. The van der Waals surface area contributed by atoms with Crippen LogP contribution in [0.3, 0.4) is 0 Å². The normalized spacial score (nSPS) is 15.0. The Labute approximate surface area is 855 Å². The van der Waals surface area contributed by atoms with Crippen molar-refractivity contribution in [1.82, 2.24) is 116 Å². The van der Waals surface area contributed by atoms with Crippen LogP contribution >= 0.6 is 12.6 Å². The van der Waals surface area contributed by atoms with Crippen molar-refractivity contribution in [3.63, 3.8) is 0 Å². The fourth-order valence-electron chi connectivity index (χ4n) is 14.6. The van der Waals surface area contributed by atoms with Crippen LogP contribution in [0.15, 0.2) is 55.4 Å². The molecule has 0 bridgehead atoms. The maximum atomic E-state index is 14.6. The van der Waals surface area contributed by atoms with Gasteiger partial charge in [0.2, 0.25) is 118 Å². The van der Waals surface area contributed by atoms with E-state index in [1.165, 1.54) is 45.8 Å². The molecule has 0 saturated heterocycles. The molecule has 0 spiro atoms. The number of thiol groups is 1. The van der Waals surface area contributed by atoms with Crippen molar-refractivity contribution in [3.05, 3.63) is 72.3 Å². The minimum Gasteiger partial charge on any atom is -0.481 e. The third-order valence-corrected chi connectivity index (χ3v) is 22.9. The summed E-state index contributed by atoms with van der Waals surface area (Å²) in [5, 5.41) is 83.6. The second-order valence-corrected chi connectivity index (χ2v) is 38.7. The summed E-state index contributed by atoms with van der Waals surface area (Å²) < 4.78 is 0. The van der Waals surface area contributed by atoms with Gasteiger partial charge in [0.25, 0.3) is 0 Å². The second kappa shape index (κ2) is 63.8. The highest BCUT2D eigenvalue weighted by molar-refractivity contribution is 7.80. The maximum absolute atomic E-state index is 14.6. The van der Waals surface area contributed by atoms with Crippen LogP contribution in [0.4, 0.5) is 0 Å². The molecule has 0 saturated carbocycles. The summed E-state index contributed by atoms with van der Waals surface area (Å²) in [5.41, 5.74) is 23.8. The highest BCUT2D eigenvalue weighted by Gasteiger charge is 2.42. The van der Waals surface area contributed by atoms with E-state index in [1.807, 2.05) is 0 Å². The number of nitrogens with zero attached hydrogens (tertiary/aromatic N) is 2. The van der Waals surface area contributed by atoms with Gasteiger partial charge in [-0.05, 0) is 105 Å². The SMILES string of the molecule is CC(C)C[C@H](NC(=O)[C@H](C)NC(=O)[C@H](CCC(=O)O)NC(=O)[C@@H](NC(=O)[C@H](CC(C)C)NC(=O)[C@H](Cc1c[nH]cn1)NC(=O)[C@H](CO)NC(=O)CNC(=O)[C@H](CS)NC(=O)[C@H](CC(C)C)NC(=O)[C@H](Cc1c[nH]cn1)NC(=O)[C@H](CCC(N)=O)NC(=O)[C@H](CC(N)=O)NC(=O)[C@@H](NC(=O)[C@@H](N)Cc1ccccc1)C(C)C)C(C)C)C(=O)N[C@@H](CCC(=O)O)C(=O)N[C@@H](CC(C)C)C(=O)N[C@H](C(=O)N[C@@H](CN)C(=O)O)C(C)C. The number of H-pyrrole nitrogens is 2. The van der Waals surface area contributed by atoms with Gasteiger partial charge >= 0.3 is 17.9 Å². The number of nitrogens with one attached hydrogen (secondary N) is 20. The van der Waals surface area contributed by atoms with Crippen molar-refractivity contribution < 1.29 is 131 Å². The molecule has 0 radical (unpaired) electrons. The number of nitrogens with two attached hydrogens (primary N) is 4. The lowest BCUT2D eigenvalue weighted by Gasteiger charge is -2.29. The highest BCUT2D eigenvalue weighted by Crippen LogP contribution is 2.18. The Bertz CT molecular complexity index is 4950. The lowest BCUT2D eigenvalue weighted by atomic mass is 9.98. The number of imidazole rings is 2. The number of aromatic amines is 2. The zero-order valence-electron chi connectivity index (χ0n) is 85.2. The van der Waals surface area contributed by atoms with E-state index >= 15 is 0 Å². The lowest BCUT2D eigenvalue weighted by Crippen LogP contribution is -2.61. The van der Waals surface area contributed by atoms with Crippen molar-refractivity contribution in [2.75, 3.05) is 25.4 Å². The Hall–Kier alpha value is -14.3. The first-order valence-corrected chi connectivity index (χ1v) is 48.9. The minimum absolute atomic E-state index is 0.0632. The Morgan fingerprint density at radius 3 is 1.01 bits per heavy atom. The minimum atomic E-state index is -1.88. The molecular formula is C93H148N26O27S. The van der Waals surface area contributed by atoms with Crippen molar-refractivity contribution in [3.8, 4) is 0 Å². The number of carbonyl (C=O) groups excluding carboxylic acids is 20. The predicted molar refractivity (Wildman–Crippen MR) is 530 cm³/mol. The largest absolute Gasteiger partial charge is 0.481 e. The van der Waals surface area contributed by atoms with E-state index in [4.69, 9.17) is 22.9 Å². The molecule has 1 aromatic carbocycles. The average Bonchev–Trinajstić information content (AvgIpc) is 1.85. The topological polar surface area (TPSA) is 852 Å². The van der Waals surface area contributed by atoms with Gasteiger partial charge in [0.15, 0.2) is 0 Å². The van der Waals surface area contributed by atoms with E-state index in [0.717, 1.165) is 5.56 Å². The first-order chi connectivity index (χ1) is 68.9. The number of carboxylic acids is 3.